The first kappa shape index (κ1) is 29.5. The molecule has 6 aromatic rings. The molecule has 50 heavy (non-hydrogen) atoms. The van der Waals surface area contributed by atoms with Crippen molar-refractivity contribution < 1.29 is 0 Å². The van der Waals surface area contributed by atoms with E-state index >= 15 is 0 Å². The highest BCUT2D eigenvalue weighted by Crippen LogP contribution is 2.51. The van der Waals surface area contributed by atoms with Gasteiger partial charge in [-0.05, 0) is 138 Å². The number of fused-ring (bicyclic) bond motifs is 10. The zero-order valence-electron chi connectivity index (χ0n) is 29.2. The van der Waals surface area contributed by atoms with Crippen molar-refractivity contribution in [3.05, 3.63) is 185 Å². The zero-order chi connectivity index (χ0) is 33.8. The summed E-state index contributed by atoms with van der Waals surface area (Å²) in [5, 5.41) is 2.67. The number of allylic oxidation sites excluding steroid dienone is 7. The van der Waals surface area contributed by atoms with E-state index < -0.39 is 0 Å². The molecule has 0 fully saturated rings. The lowest BCUT2D eigenvalue weighted by molar-refractivity contribution is 0.660. The van der Waals surface area contributed by atoms with Crippen LogP contribution >= 0.6 is 0 Å². The van der Waals surface area contributed by atoms with Crippen molar-refractivity contribution in [3.8, 4) is 33.4 Å². The Morgan fingerprint density at radius 2 is 1.18 bits per heavy atom. The van der Waals surface area contributed by atoms with E-state index in [1.54, 1.807) is 0 Å². The Morgan fingerprint density at radius 3 is 2.04 bits per heavy atom. The Balaban J connectivity index is 1.04. The van der Waals surface area contributed by atoms with Crippen LogP contribution in [0.5, 0.6) is 0 Å². The number of benzene rings is 6. The van der Waals surface area contributed by atoms with Crippen LogP contribution in [0.1, 0.15) is 79.0 Å². The van der Waals surface area contributed by atoms with Gasteiger partial charge in [-0.2, -0.15) is 0 Å². The van der Waals surface area contributed by atoms with Crippen molar-refractivity contribution in [2.24, 2.45) is 0 Å². The second-order valence-electron chi connectivity index (χ2n) is 15.6. The monoisotopic (exact) mass is 640 g/mol. The molecular formula is C50H40. The minimum absolute atomic E-state index is 0.0135. The topological polar surface area (TPSA) is 0 Å². The maximum absolute atomic E-state index is 2.49. The predicted octanol–water partition coefficient (Wildman–Crippen LogP) is 13.3. The molecule has 0 heterocycles. The van der Waals surface area contributed by atoms with Gasteiger partial charge in [-0.25, -0.2) is 0 Å². The Hall–Kier alpha value is -5.46. The third kappa shape index (κ3) is 4.24. The summed E-state index contributed by atoms with van der Waals surface area (Å²) in [7, 11) is 0. The van der Waals surface area contributed by atoms with Crippen LogP contribution in [-0.4, -0.2) is 0 Å². The SMILES string of the molecule is CC1CC=Cc2c1cc(-c1cccc(C3=CC4(C)C=C(C=C3)c3ccc(-c5ccc6c(c5)C(C)(C)c5ccccc5-6)cc34)c1)c1ccccc21. The summed E-state index contributed by atoms with van der Waals surface area (Å²) < 4.78 is 0. The summed E-state index contributed by atoms with van der Waals surface area (Å²) in [6.07, 6.45) is 15.4. The standard InChI is InChI=1S/C50H40/c1-31-11-9-17-40-39-14-5-6-15-41(39)45(28-44(31)40)35-13-10-12-32(25-35)36-19-20-37-30-50(4,29-36)48-27-34(21-23-38(37)48)33-22-24-43-42-16-7-8-18-46(42)49(2,3)47(43)26-33/h5-10,12-31H,11H2,1-4H3. The molecule has 0 nitrogen and oxygen atoms in total. The first-order chi connectivity index (χ1) is 24.3. The molecule has 0 saturated carbocycles. The van der Waals surface area contributed by atoms with Gasteiger partial charge in [0.25, 0.3) is 0 Å². The second kappa shape index (κ2) is 10.5. The van der Waals surface area contributed by atoms with E-state index in [0.29, 0.717) is 5.92 Å². The third-order valence-electron chi connectivity index (χ3n) is 12.1. The predicted molar refractivity (Wildman–Crippen MR) is 213 cm³/mol. The Labute approximate surface area is 295 Å². The molecule has 0 heteroatoms. The van der Waals surface area contributed by atoms with Crippen molar-refractivity contribution >= 4 is 28.0 Å². The van der Waals surface area contributed by atoms with Crippen LogP contribution in [0, 0.1) is 0 Å². The van der Waals surface area contributed by atoms with Crippen molar-refractivity contribution in [2.45, 2.75) is 50.9 Å². The van der Waals surface area contributed by atoms with Crippen LogP contribution in [0.4, 0.5) is 0 Å². The maximum atomic E-state index is 2.49. The summed E-state index contributed by atoms with van der Waals surface area (Å²) in [6.45, 7) is 9.47. The summed E-state index contributed by atoms with van der Waals surface area (Å²) in [5.74, 6) is 0.515. The van der Waals surface area contributed by atoms with Crippen LogP contribution in [0.15, 0.2) is 146 Å². The van der Waals surface area contributed by atoms with E-state index in [-0.39, 0.29) is 10.8 Å². The van der Waals surface area contributed by atoms with Crippen LogP contribution in [0.25, 0.3) is 61.4 Å². The van der Waals surface area contributed by atoms with Gasteiger partial charge in [0.15, 0.2) is 0 Å². The molecule has 0 saturated heterocycles. The fourth-order valence-corrected chi connectivity index (χ4v) is 9.41. The fourth-order valence-electron chi connectivity index (χ4n) is 9.41. The molecule has 10 rings (SSSR count). The lowest BCUT2D eigenvalue weighted by Gasteiger charge is -2.24. The van der Waals surface area contributed by atoms with Crippen LogP contribution in [0.2, 0.25) is 0 Å². The lowest BCUT2D eigenvalue weighted by atomic mass is 9.79. The first-order valence-electron chi connectivity index (χ1n) is 18.1. The second-order valence-corrected chi connectivity index (χ2v) is 15.6. The molecule has 2 bridgehead atoms. The molecule has 2 unspecified atom stereocenters. The quantitative estimate of drug-likeness (QED) is 0.181. The van der Waals surface area contributed by atoms with Gasteiger partial charge >= 0.3 is 0 Å². The average Bonchev–Trinajstić information content (AvgIpc) is 3.45. The van der Waals surface area contributed by atoms with Gasteiger partial charge in [-0.3, -0.25) is 0 Å². The van der Waals surface area contributed by atoms with Gasteiger partial charge in [0, 0.05) is 10.8 Å². The van der Waals surface area contributed by atoms with Gasteiger partial charge < -0.3 is 0 Å². The molecule has 0 aliphatic heterocycles. The minimum atomic E-state index is -0.206. The molecule has 4 aliphatic carbocycles. The molecule has 0 aromatic heterocycles. The Morgan fingerprint density at radius 1 is 0.500 bits per heavy atom. The van der Waals surface area contributed by atoms with Crippen molar-refractivity contribution in [1.82, 2.24) is 0 Å². The summed E-state index contributed by atoms with van der Waals surface area (Å²) in [4.78, 5) is 0. The van der Waals surface area contributed by atoms with E-state index in [1.165, 1.54) is 94.2 Å². The normalized spacial score (nSPS) is 20.4. The van der Waals surface area contributed by atoms with E-state index in [9.17, 15) is 0 Å². The van der Waals surface area contributed by atoms with Gasteiger partial charge in [0.2, 0.25) is 0 Å². The smallest absolute Gasteiger partial charge is 0.0308 e. The van der Waals surface area contributed by atoms with Gasteiger partial charge in [-0.1, -0.05) is 148 Å². The largest absolute Gasteiger partial charge is 0.0833 e. The molecule has 0 radical (unpaired) electrons. The summed E-state index contributed by atoms with van der Waals surface area (Å²) >= 11 is 0. The van der Waals surface area contributed by atoms with Crippen LogP contribution in [-0.2, 0) is 10.8 Å². The highest BCUT2D eigenvalue weighted by atomic mass is 14.4. The summed E-state index contributed by atoms with van der Waals surface area (Å²) in [6, 6.07) is 43.7. The molecule has 240 valence electrons. The summed E-state index contributed by atoms with van der Waals surface area (Å²) in [5.41, 5.74) is 19.9. The molecule has 0 N–H and O–H groups in total. The van der Waals surface area contributed by atoms with Crippen molar-refractivity contribution in [1.29, 1.82) is 0 Å². The Bertz CT molecular complexity index is 2560. The van der Waals surface area contributed by atoms with Gasteiger partial charge in [-0.15, -0.1) is 0 Å². The van der Waals surface area contributed by atoms with Crippen molar-refractivity contribution in [2.75, 3.05) is 0 Å². The lowest BCUT2D eigenvalue weighted by Crippen LogP contribution is -2.15. The molecule has 2 atom stereocenters. The van der Waals surface area contributed by atoms with E-state index in [1.807, 2.05) is 0 Å². The highest BCUT2D eigenvalue weighted by molar-refractivity contribution is 6.03. The van der Waals surface area contributed by atoms with E-state index in [0.717, 1.165) is 6.42 Å². The highest BCUT2D eigenvalue weighted by Gasteiger charge is 2.36. The third-order valence-corrected chi connectivity index (χ3v) is 12.1. The fraction of sp³-hybridized carbons (Fsp3) is 0.160. The minimum Gasteiger partial charge on any atom is -0.0833 e. The van der Waals surface area contributed by atoms with E-state index in [2.05, 4.69) is 179 Å². The average molecular weight is 641 g/mol. The molecule has 6 aromatic carbocycles. The number of hydrogen-bond acceptors (Lipinski definition) is 0. The van der Waals surface area contributed by atoms with Crippen LogP contribution < -0.4 is 0 Å². The molecule has 4 aliphatic rings. The number of rotatable bonds is 3. The zero-order valence-corrected chi connectivity index (χ0v) is 29.2. The number of hydrogen-bond donors (Lipinski definition) is 0. The van der Waals surface area contributed by atoms with Crippen LogP contribution in [0.3, 0.4) is 0 Å². The van der Waals surface area contributed by atoms with Gasteiger partial charge in [0.05, 0.1) is 0 Å². The molecule has 0 spiro atoms. The maximum Gasteiger partial charge on any atom is 0.0308 e. The van der Waals surface area contributed by atoms with Gasteiger partial charge in [0.1, 0.15) is 0 Å². The van der Waals surface area contributed by atoms with Crippen molar-refractivity contribution in [3.63, 3.8) is 0 Å². The molecular weight excluding hydrogens is 601 g/mol. The Kier molecular flexibility index (Phi) is 6.20. The first-order valence-corrected chi connectivity index (χ1v) is 18.1. The molecule has 0 amide bonds. The van der Waals surface area contributed by atoms with E-state index in [4.69, 9.17) is 0 Å².